The van der Waals surface area contributed by atoms with Crippen molar-refractivity contribution in [2.45, 2.75) is 6.54 Å². The highest BCUT2D eigenvalue weighted by atomic mass is 19.1. The van der Waals surface area contributed by atoms with Crippen LogP contribution in [0.2, 0.25) is 0 Å². The van der Waals surface area contributed by atoms with E-state index in [1.807, 2.05) is 30.5 Å². The molecule has 1 heterocycles. The van der Waals surface area contributed by atoms with Crippen LogP contribution in [-0.4, -0.2) is 15.8 Å². The molecule has 3 aromatic rings. The van der Waals surface area contributed by atoms with Crippen LogP contribution >= 0.6 is 0 Å². The second kappa shape index (κ2) is 6.74. The Kier molecular flexibility index (Phi) is 4.33. The molecule has 0 saturated carbocycles. The van der Waals surface area contributed by atoms with Crippen LogP contribution in [0, 0.1) is 5.82 Å². The maximum atomic E-state index is 12.8. The second-order valence-electron chi connectivity index (χ2n) is 4.94. The fourth-order valence-corrected chi connectivity index (χ4v) is 2.11. The van der Waals surface area contributed by atoms with Gasteiger partial charge in [0, 0.05) is 24.6 Å². The summed E-state index contributed by atoms with van der Waals surface area (Å²) in [6.45, 7) is 0.324. The summed E-state index contributed by atoms with van der Waals surface area (Å²) >= 11 is 0. The number of aromatic nitrogens is 2. The summed E-state index contributed by atoms with van der Waals surface area (Å²) in [5.74, 6) is -0.298. The van der Waals surface area contributed by atoms with Gasteiger partial charge in [0.1, 0.15) is 5.82 Å². The van der Waals surface area contributed by atoms with Crippen molar-refractivity contribution in [1.82, 2.24) is 15.1 Å². The minimum absolute atomic E-state index is 0.298. The molecule has 0 fully saturated rings. The molecule has 0 unspecified atom stereocenters. The minimum atomic E-state index is -0.327. The van der Waals surface area contributed by atoms with Crippen LogP contribution in [0.5, 0.6) is 0 Å². The lowest BCUT2D eigenvalue weighted by atomic mass is 10.2. The Morgan fingerprint density at radius 2 is 1.96 bits per heavy atom. The molecule has 6 heteroatoms. The molecule has 23 heavy (non-hydrogen) atoms. The first-order chi connectivity index (χ1) is 11.2. The van der Waals surface area contributed by atoms with Gasteiger partial charge in [-0.2, -0.15) is 5.10 Å². The number of benzene rings is 2. The van der Waals surface area contributed by atoms with Crippen LogP contribution in [0.1, 0.15) is 5.56 Å². The van der Waals surface area contributed by atoms with E-state index in [9.17, 15) is 9.18 Å². The summed E-state index contributed by atoms with van der Waals surface area (Å²) in [5.41, 5.74) is 2.34. The number of carbonyl (C=O) groups excluding carboxylic acids is 1. The van der Waals surface area contributed by atoms with Crippen LogP contribution in [0.25, 0.3) is 5.69 Å². The lowest BCUT2D eigenvalue weighted by molar-refractivity contribution is 0.251. The van der Waals surface area contributed by atoms with Gasteiger partial charge in [0.05, 0.1) is 5.69 Å². The molecule has 1 aromatic heterocycles. The first-order valence-corrected chi connectivity index (χ1v) is 7.10. The van der Waals surface area contributed by atoms with Crippen molar-refractivity contribution in [1.29, 1.82) is 0 Å². The van der Waals surface area contributed by atoms with E-state index in [2.05, 4.69) is 15.7 Å². The van der Waals surface area contributed by atoms with E-state index in [4.69, 9.17) is 0 Å². The molecule has 0 aliphatic rings. The molecule has 0 bridgehead atoms. The van der Waals surface area contributed by atoms with Gasteiger partial charge in [-0.3, -0.25) is 0 Å². The molecule has 5 nitrogen and oxygen atoms in total. The van der Waals surface area contributed by atoms with Crippen molar-refractivity contribution in [3.05, 3.63) is 78.4 Å². The summed E-state index contributed by atoms with van der Waals surface area (Å²) in [5, 5.41) is 9.63. The summed E-state index contributed by atoms with van der Waals surface area (Å²) in [6, 6.07) is 14.9. The fraction of sp³-hybridized carbons (Fsp3) is 0.0588. The van der Waals surface area contributed by atoms with Gasteiger partial charge in [0.2, 0.25) is 0 Å². The fourth-order valence-electron chi connectivity index (χ4n) is 2.11. The maximum Gasteiger partial charge on any atom is 0.319 e. The van der Waals surface area contributed by atoms with Gasteiger partial charge in [-0.1, -0.05) is 18.2 Å². The maximum absolute atomic E-state index is 12.8. The van der Waals surface area contributed by atoms with Gasteiger partial charge in [-0.25, -0.2) is 13.9 Å². The standard InChI is InChI=1S/C17H15FN4O/c18-14-7-5-13(6-8-14)12-19-17(23)21-15-3-1-4-16(11-15)22-10-2-9-20-22/h1-11H,12H2,(H2,19,21,23). The molecule has 3 rings (SSSR count). The summed E-state index contributed by atoms with van der Waals surface area (Å²) in [4.78, 5) is 11.9. The van der Waals surface area contributed by atoms with Gasteiger partial charge in [-0.15, -0.1) is 0 Å². The number of nitrogens with one attached hydrogen (secondary N) is 2. The lowest BCUT2D eigenvalue weighted by Gasteiger charge is -2.09. The number of hydrogen-bond acceptors (Lipinski definition) is 2. The first-order valence-electron chi connectivity index (χ1n) is 7.10. The lowest BCUT2D eigenvalue weighted by Crippen LogP contribution is -2.28. The van der Waals surface area contributed by atoms with Gasteiger partial charge in [-0.05, 0) is 42.0 Å². The predicted octanol–water partition coefficient (Wildman–Crippen LogP) is 3.33. The Morgan fingerprint density at radius 3 is 2.70 bits per heavy atom. The zero-order chi connectivity index (χ0) is 16.1. The van der Waals surface area contributed by atoms with Gasteiger partial charge in [0.15, 0.2) is 0 Å². The van der Waals surface area contributed by atoms with E-state index in [0.717, 1.165) is 11.3 Å². The smallest absolute Gasteiger partial charge is 0.319 e. The number of amides is 2. The quantitative estimate of drug-likeness (QED) is 0.776. The molecule has 0 radical (unpaired) electrons. The number of hydrogen-bond donors (Lipinski definition) is 2. The Bertz CT molecular complexity index is 785. The van der Waals surface area contributed by atoms with E-state index >= 15 is 0 Å². The summed E-state index contributed by atoms with van der Waals surface area (Å²) < 4.78 is 14.5. The zero-order valence-electron chi connectivity index (χ0n) is 12.2. The molecular formula is C17H15FN4O. The van der Waals surface area contributed by atoms with Crippen LogP contribution in [-0.2, 0) is 6.54 Å². The van der Waals surface area contributed by atoms with Gasteiger partial charge < -0.3 is 10.6 Å². The Morgan fingerprint density at radius 1 is 1.13 bits per heavy atom. The van der Waals surface area contributed by atoms with Crippen molar-refractivity contribution in [2.75, 3.05) is 5.32 Å². The summed E-state index contributed by atoms with van der Waals surface area (Å²) in [6.07, 6.45) is 3.52. The van der Waals surface area contributed by atoms with Crippen molar-refractivity contribution >= 4 is 11.7 Å². The Hall–Kier alpha value is -3.15. The first kappa shape index (κ1) is 14.8. The zero-order valence-corrected chi connectivity index (χ0v) is 12.2. The SMILES string of the molecule is O=C(NCc1ccc(F)cc1)Nc1cccc(-n2cccn2)c1. The van der Waals surface area contributed by atoms with Crippen molar-refractivity contribution in [3.8, 4) is 5.69 Å². The Balaban J connectivity index is 1.59. The third-order valence-electron chi connectivity index (χ3n) is 3.24. The van der Waals surface area contributed by atoms with Gasteiger partial charge in [0.25, 0.3) is 0 Å². The van der Waals surface area contributed by atoms with Crippen molar-refractivity contribution in [2.24, 2.45) is 0 Å². The third-order valence-corrected chi connectivity index (χ3v) is 3.24. The molecule has 116 valence electrons. The second-order valence-corrected chi connectivity index (χ2v) is 4.94. The molecule has 0 aliphatic heterocycles. The molecule has 2 aromatic carbocycles. The molecule has 2 N–H and O–H groups in total. The number of halogens is 1. The third kappa shape index (κ3) is 3.94. The van der Waals surface area contributed by atoms with Crippen LogP contribution in [0.4, 0.5) is 14.9 Å². The van der Waals surface area contributed by atoms with Crippen molar-refractivity contribution < 1.29 is 9.18 Å². The van der Waals surface area contributed by atoms with E-state index in [0.29, 0.717) is 12.2 Å². The van der Waals surface area contributed by atoms with Crippen LogP contribution < -0.4 is 10.6 Å². The van der Waals surface area contributed by atoms with Crippen LogP contribution in [0.3, 0.4) is 0 Å². The van der Waals surface area contributed by atoms with E-state index in [1.54, 1.807) is 29.1 Å². The molecule has 0 saturated heterocycles. The highest BCUT2D eigenvalue weighted by molar-refractivity contribution is 5.89. The average Bonchev–Trinajstić information content (AvgIpc) is 3.09. The average molecular weight is 310 g/mol. The normalized spacial score (nSPS) is 10.3. The number of nitrogens with zero attached hydrogens (tertiary/aromatic N) is 2. The van der Waals surface area contributed by atoms with E-state index in [-0.39, 0.29) is 11.8 Å². The number of urea groups is 1. The molecule has 0 spiro atoms. The number of anilines is 1. The highest BCUT2D eigenvalue weighted by Crippen LogP contribution is 2.13. The topological polar surface area (TPSA) is 59.0 Å². The minimum Gasteiger partial charge on any atom is -0.334 e. The van der Waals surface area contributed by atoms with E-state index < -0.39 is 0 Å². The molecular weight excluding hydrogens is 295 g/mol. The van der Waals surface area contributed by atoms with Crippen molar-refractivity contribution in [3.63, 3.8) is 0 Å². The summed E-state index contributed by atoms with van der Waals surface area (Å²) in [7, 11) is 0. The van der Waals surface area contributed by atoms with Crippen LogP contribution in [0.15, 0.2) is 67.0 Å². The Labute approximate surface area is 132 Å². The monoisotopic (exact) mass is 310 g/mol. The largest absolute Gasteiger partial charge is 0.334 e. The number of rotatable bonds is 4. The number of carbonyl (C=O) groups is 1. The molecule has 2 amide bonds. The molecule has 0 aliphatic carbocycles. The van der Waals surface area contributed by atoms with Gasteiger partial charge >= 0.3 is 6.03 Å². The predicted molar refractivity (Wildman–Crippen MR) is 85.8 cm³/mol. The highest BCUT2D eigenvalue weighted by Gasteiger charge is 2.04. The molecule has 0 atom stereocenters. The van der Waals surface area contributed by atoms with E-state index in [1.165, 1.54) is 12.1 Å².